The Bertz CT molecular complexity index is 790. The number of urea groups is 1. The molecule has 2 aliphatic rings. The third-order valence-electron chi connectivity index (χ3n) is 5.27. The van der Waals surface area contributed by atoms with Gasteiger partial charge in [0.25, 0.3) is 5.91 Å². The summed E-state index contributed by atoms with van der Waals surface area (Å²) in [6, 6.07) is -0.527. The second-order valence-corrected chi connectivity index (χ2v) is 7.11. The monoisotopic (exact) mass is 345 g/mol. The van der Waals surface area contributed by atoms with E-state index in [1.807, 2.05) is 6.92 Å². The first-order chi connectivity index (χ1) is 11.7. The van der Waals surface area contributed by atoms with Gasteiger partial charge in [-0.25, -0.2) is 4.79 Å². The maximum atomic E-state index is 12.7. The molecule has 1 aliphatic carbocycles. The van der Waals surface area contributed by atoms with Crippen molar-refractivity contribution in [2.45, 2.75) is 52.5 Å². The number of carbonyl (C=O) groups is 4. The highest BCUT2D eigenvalue weighted by molar-refractivity contribution is 6.12. The van der Waals surface area contributed by atoms with Gasteiger partial charge >= 0.3 is 6.03 Å². The Hall–Kier alpha value is -2.44. The van der Waals surface area contributed by atoms with Crippen LogP contribution in [-0.4, -0.2) is 45.5 Å². The lowest BCUT2D eigenvalue weighted by molar-refractivity contribution is -0.131. The van der Waals surface area contributed by atoms with Crippen molar-refractivity contribution >= 4 is 23.5 Å². The molecule has 7 heteroatoms. The van der Waals surface area contributed by atoms with Crippen molar-refractivity contribution in [3.8, 4) is 0 Å². The third kappa shape index (κ3) is 2.67. The first kappa shape index (κ1) is 17.4. The fraction of sp³-hybridized carbons (Fsp3) is 0.556. The van der Waals surface area contributed by atoms with Crippen LogP contribution in [0, 0.1) is 12.8 Å². The second-order valence-electron chi connectivity index (χ2n) is 7.11. The molecule has 1 aliphatic heterocycles. The second kappa shape index (κ2) is 5.82. The van der Waals surface area contributed by atoms with Crippen molar-refractivity contribution in [1.82, 2.24) is 15.2 Å². The van der Waals surface area contributed by atoms with E-state index in [1.54, 1.807) is 13.8 Å². The van der Waals surface area contributed by atoms with E-state index in [9.17, 15) is 19.2 Å². The number of aromatic amines is 1. The molecule has 2 N–H and O–H groups in total. The van der Waals surface area contributed by atoms with Crippen LogP contribution in [0.15, 0.2) is 0 Å². The normalized spacial score (nSPS) is 23.1. The van der Waals surface area contributed by atoms with Crippen LogP contribution in [0.3, 0.4) is 0 Å². The molecule has 0 radical (unpaired) electrons. The summed E-state index contributed by atoms with van der Waals surface area (Å²) in [4.78, 5) is 53.4. The third-order valence-corrected chi connectivity index (χ3v) is 5.27. The zero-order valence-electron chi connectivity index (χ0n) is 15.0. The smallest absolute Gasteiger partial charge is 0.325 e. The van der Waals surface area contributed by atoms with Crippen molar-refractivity contribution in [3.63, 3.8) is 0 Å². The van der Waals surface area contributed by atoms with Crippen molar-refractivity contribution in [2.75, 3.05) is 6.54 Å². The summed E-state index contributed by atoms with van der Waals surface area (Å²) in [6.07, 6.45) is 2.32. The largest absolute Gasteiger partial charge is 0.355 e. The lowest BCUT2D eigenvalue weighted by Crippen LogP contribution is -2.46. The molecule has 0 bridgehead atoms. The summed E-state index contributed by atoms with van der Waals surface area (Å²) in [5, 5.41) is 2.73. The molecule has 1 aromatic heterocycles. The maximum Gasteiger partial charge on any atom is 0.325 e. The molecule has 1 saturated carbocycles. The standard InChI is InChI=1S/C18H23N3O4/c1-5-12-14(10(3)22)9(2)19-15(12)13(23)8-21-16(24)18(4,11-6-7-11)20-17(21)25/h11,19H,5-8H2,1-4H3,(H,20,25)/t18-/m0/s1. The summed E-state index contributed by atoms with van der Waals surface area (Å²) < 4.78 is 0. The van der Waals surface area contributed by atoms with Crippen LogP contribution in [0.5, 0.6) is 0 Å². The summed E-state index contributed by atoms with van der Waals surface area (Å²) in [6.45, 7) is 6.47. The van der Waals surface area contributed by atoms with Gasteiger partial charge in [-0.05, 0) is 51.5 Å². The molecule has 0 spiro atoms. The van der Waals surface area contributed by atoms with Crippen LogP contribution >= 0.6 is 0 Å². The van der Waals surface area contributed by atoms with Crippen molar-refractivity contribution in [2.24, 2.45) is 5.92 Å². The molecular weight excluding hydrogens is 322 g/mol. The van der Waals surface area contributed by atoms with Crippen molar-refractivity contribution < 1.29 is 19.2 Å². The molecule has 1 aromatic rings. The summed E-state index contributed by atoms with van der Waals surface area (Å²) >= 11 is 0. The Morgan fingerprint density at radius 1 is 1.28 bits per heavy atom. The zero-order valence-corrected chi connectivity index (χ0v) is 15.0. The average molecular weight is 345 g/mol. The molecule has 2 fully saturated rings. The molecule has 134 valence electrons. The van der Waals surface area contributed by atoms with Gasteiger partial charge in [-0.3, -0.25) is 19.3 Å². The first-order valence-electron chi connectivity index (χ1n) is 8.60. The molecule has 1 saturated heterocycles. The van der Waals surface area contributed by atoms with E-state index in [0.29, 0.717) is 28.9 Å². The number of Topliss-reactive ketones (excluding diaryl/α,β-unsaturated/α-hetero) is 2. The number of nitrogens with zero attached hydrogens (tertiary/aromatic N) is 1. The number of aromatic nitrogens is 1. The molecule has 3 amide bonds. The van der Waals surface area contributed by atoms with Crippen molar-refractivity contribution in [3.05, 3.63) is 22.5 Å². The number of H-pyrrole nitrogens is 1. The molecule has 3 rings (SSSR count). The Labute approximate surface area is 146 Å². The Balaban J connectivity index is 1.86. The highest BCUT2D eigenvalue weighted by Crippen LogP contribution is 2.42. The van der Waals surface area contributed by atoms with E-state index < -0.39 is 11.6 Å². The number of aryl methyl sites for hydroxylation is 1. The Kier molecular flexibility index (Phi) is 4.05. The number of amides is 3. The summed E-state index contributed by atoms with van der Waals surface area (Å²) in [5.74, 6) is -0.675. The van der Waals surface area contributed by atoms with Gasteiger partial charge in [0.15, 0.2) is 11.6 Å². The molecule has 7 nitrogen and oxygen atoms in total. The number of hydrogen-bond acceptors (Lipinski definition) is 4. The van der Waals surface area contributed by atoms with Crippen LogP contribution in [0.1, 0.15) is 65.7 Å². The molecule has 25 heavy (non-hydrogen) atoms. The summed E-state index contributed by atoms with van der Waals surface area (Å²) in [7, 11) is 0. The Morgan fingerprint density at radius 2 is 1.92 bits per heavy atom. The van der Waals surface area contributed by atoms with Gasteiger partial charge < -0.3 is 10.3 Å². The fourth-order valence-electron chi connectivity index (χ4n) is 3.76. The van der Waals surface area contributed by atoms with Crippen LogP contribution < -0.4 is 5.32 Å². The first-order valence-corrected chi connectivity index (χ1v) is 8.60. The van der Waals surface area contributed by atoms with Gasteiger partial charge in [0.2, 0.25) is 0 Å². The number of ketones is 2. The van der Waals surface area contributed by atoms with Gasteiger partial charge in [0.05, 0.1) is 12.2 Å². The van der Waals surface area contributed by atoms with Crippen LogP contribution in [0.25, 0.3) is 0 Å². The SMILES string of the molecule is CCc1c(C(=O)CN2C(=O)N[C@@](C)(C3CC3)C2=O)[nH]c(C)c1C(C)=O. The summed E-state index contributed by atoms with van der Waals surface area (Å²) in [5.41, 5.74) is 1.21. The van der Waals surface area contributed by atoms with Crippen LogP contribution in [0.4, 0.5) is 4.79 Å². The quantitative estimate of drug-likeness (QED) is 0.608. The molecule has 2 heterocycles. The maximum absolute atomic E-state index is 12.7. The molecule has 0 unspecified atom stereocenters. The number of carbonyl (C=O) groups excluding carboxylic acids is 4. The number of imide groups is 1. The van der Waals surface area contributed by atoms with Gasteiger partial charge in [0.1, 0.15) is 5.54 Å². The molecular formula is C18H23N3O4. The topological polar surface area (TPSA) is 99.3 Å². The van der Waals surface area contributed by atoms with E-state index >= 15 is 0 Å². The number of hydrogen-bond donors (Lipinski definition) is 2. The van der Waals surface area contributed by atoms with Gasteiger partial charge in [0, 0.05) is 11.3 Å². The number of rotatable bonds is 6. The molecule has 0 aromatic carbocycles. The number of nitrogens with one attached hydrogen (secondary N) is 2. The van der Waals surface area contributed by atoms with E-state index in [-0.39, 0.29) is 29.9 Å². The minimum atomic E-state index is -0.902. The minimum absolute atomic E-state index is 0.110. The predicted molar refractivity (Wildman–Crippen MR) is 90.6 cm³/mol. The highest BCUT2D eigenvalue weighted by Gasteiger charge is 2.56. The lowest BCUT2D eigenvalue weighted by Gasteiger charge is -2.20. The van der Waals surface area contributed by atoms with Gasteiger partial charge in [-0.15, -0.1) is 0 Å². The minimum Gasteiger partial charge on any atom is -0.355 e. The lowest BCUT2D eigenvalue weighted by atomic mass is 9.96. The van der Waals surface area contributed by atoms with Gasteiger partial charge in [-0.2, -0.15) is 0 Å². The Morgan fingerprint density at radius 3 is 2.44 bits per heavy atom. The van der Waals surface area contributed by atoms with Crippen molar-refractivity contribution in [1.29, 1.82) is 0 Å². The van der Waals surface area contributed by atoms with E-state index in [4.69, 9.17) is 0 Å². The zero-order chi connectivity index (χ0) is 18.5. The van der Waals surface area contributed by atoms with Gasteiger partial charge in [-0.1, -0.05) is 6.92 Å². The van der Waals surface area contributed by atoms with E-state index in [2.05, 4.69) is 10.3 Å². The fourth-order valence-corrected chi connectivity index (χ4v) is 3.76. The average Bonchev–Trinajstić information content (AvgIpc) is 3.30. The predicted octanol–water partition coefficient (Wildman–Crippen LogP) is 1.99. The highest BCUT2D eigenvalue weighted by atomic mass is 16.2. The van der Waals surface area contributed by atoms with Crippen LogP contribution in [-0.2, 0) is 11.2 Å². The van der Waals surface area contributed by atoms with Crippen LogP contribution in [0.2, 0.25) is 0 Å². The van der Waals surface area contributed by atoms with E-state index in [1.165, 1.54) is 6.92 Å². The van der Waals surface area contributed by atoms with E-state index in [0.717, 1.165) is 17.7 Å². The molecule has 1 atom stereocenters.